The molecule has 0 radical (unpaired) electrons. The molecule has 0 spiro atoms. The van der Waals surface area contributed by atoms with Crippen LogP contribution in [0.2, 0.25) is 0 Å². The molecule has 1 aromatic heterocycles. The van der Waals surface area contributed by atoms with Crippen molar-refractivity contribution < 1.29 is 9.53 Å². The van der Waals surface area contributed by atoms with E-state index in [1.165, 1.54) is 0 Å². The van der Waals surface area contributed by atoms with E-state index >= 15 is 0 Å². The Kier molecular flexibility index (Phi) is 6.30. The third-order valence-corrected chi connectivity index (χ3v) is 4.49. The summed E-state index contributed by atoms with van der Waals surface area (Å²) < 4.78 is 8.28. The van der Waals surface area contributed by atoms with Gasteiger partial charge in [-0.1, -0.05) is 15.9 Å². The molecule has 1 N–H and O–H groups in total. The third kappa shape index (κ3) is 4.70. The van der Waals surface area contributed by atoms with Crippen molar-refractivity contribution in [3.63, 3.8) is 0 Å². The largest absolute Gasteiger partial charge is 0.494 e. The highest BCUT2D eigenvalue weighted by Crippen LogP contribution is 2.20. The van der Waals surface area contributed by atoms with E-state index < -0.39 is 5.91 Å². The summed E-state index contributed by atoms with van der Waals surface area (Å²) in [5.41, 5.74) is 2.29. The summed E-state index contributed by atoms with van der Waals surface area (Å²) in [5, 5.41) is 12.2. The van der Waals surface area contributed by atoms with Crippen LogP contribution < -0.4 is 10.1 Å². The molecular weight excluding hydrogens is 418 g/mol. The summed E-state index contributed by atoms with van der Waals surface area (Å²) in [6.45, 7) is 2.48. The average molecular weight is 436 g/mol. The summed E-state index contributed by atoms with van der Waals surface area (Å²) in [4.78, 5) is 12.5. The van der Waals surface area contributed by atoms with Gasteiger partial charge in [0.25, 0.3) is 5.91 Å². The lowest BCUT2D eigenvalue weighted by Crippen LogP contribution is -2.13. The molecule has 0 aliphatic rings. The van der Waals surface area contributed by atoms with Crippen LogP contribution in [-0.2, 0) is 4.79 Å². The highest BCUT2D eigenvalue weighted by Gasteiger charge is 2.11. The number of carbonyl (C=O) groups is 1. The first-order valence-corrected chi connectivity index (χ1v) is 9.49. The first-order valence-electron chi connectivity index (χ1n) is 8.70. The topological polar surface area (TPSA) is 67.0 Å². The number of aromatic nitrogens is 1. The zero-order valence-electron chi connectivity index (χ0n) is 15.2. The monoisotopic (exact) mass is 435 g/mol. The van der Waals surface area contributed by atoms with E-state index in [2.05, 4.69) is 21.2 Å². The first kappa shape index (κ1) is 19.5. The number of carbonyl (C=O) groups excluding carboxylic acids is 1. The second-order valence-electron chi connectivity index (χ2n) is 5.86. The molecule has 1 amide bonds. The SMILES string of the molecule is CCOc1ccc(NC(=O)/C(C#N)=C\c2cccn2-c2ccc(Br)cc2)cc1. The number of amides is 1. The fraction of sp³-hybridized carbons (Fsp3) is 0.0909. The van der Waals surface area contributed by atoms with Gasteiger partial charge in [0, 0.05) is 27.7 Å². The molecule has 0 saturated heterocycles. The van der Waals surface area contributed by atoms with Gasteiger partial charge in [0.05, 0.1) is 6.61 Å². The first-order chi connectivity index (χ1) is 13.6. The van der Waals surface area contributed by atoms with Crippen molar-refractivity contribution in [1.29, 1.82) is 5.26 Å². The third-order valence-electron chi connectivity index (χ3n) is 3.97. The Balaban J connectivity index is 1.80. The Bertz CT molecular complexity index is 1030. The van der Waals surface area contributed by atoms with E-state index in [1.807, 2.05) is 60.2 Å². The Hall–Kier alpha value is -3.30. The smallest absolute Gasteiger partial charge is 0.266 e. The van der Waals surface area contributed by atoms with Crippen LogP contribution in [-0.4, -0.2) is 17.1 Å². The number of ether oxygens (including phenoxy) is 1. The van der Waals surface area contributed by atoms with Crippen molar-refractivity contribution in [3.05, 3.63) is 82.6 Å². The van der Waals surface area contributed by atoms with Crippen molar-refractivity contribution >= 4 is 33.6 Å². The van der Waals surface area contributed by atoms with Crippen LogP contribution in [0.15, 0.2) is 76.9 Å². The van der Waals surface area contributed by atoms with Crippen molar-refractivity contribution in [2.75, 3.05) is 11.9 Å². The normalized spacial score (nSPS) is 11.0. The van der Waals surface area contributed by atoms with Crippen LogP contribution in [0.1, 0.15) is 12.6 Å². The lowest BCUT2D eigenvalue weighted by atomic mass is 10.2. The van der Waals surface area contributed by atoms with E-state index in [0.29, 0.717) is 12.3 Å². The van der Waals surface area contributed by atoms with E-state index in [-0.39, 0.29) is 5.57 Å². The summed E-state index contributed by atoms with van der Waals surface area (Å²) in [5.74, 6) is 0.263. The number of benzene rings is 2. The van der Waals surface area contributed by atoms with Crippen LogP contribution in [0, 0.1) is 11.3 Å². The lowest BCUT2D eigenvalue weighted by molar-refractivity contribution is -0.112. The highest BCUT2D eigenvalue weighted by atomic mass is 79.9. The molecule has 0 saturated carbocycles. The maximum absolute atomic E-state index is 12.5. The van der Waals surface area contributed by atoms with Crippen molar-refractivity contribution in [2.45, 2.75) is 6.92 Å². The molecular formula is C22H18BrN3O2. The van der Waals surface area contributed by atoms with Gasteiger partial charge < -0.3 is 14.6 Å². The van der Waals surface area contributed by atoms with Gasteiger partial charge in [0.1, 0.15) is 17.4 Å². The Morgan fingerprint density at radius 3 is 2.54 bits per heavy atom. The molecule has 5 nitrogen and oxygen atoms in total. The van der Waals surface area contributed by atoms with Crippen molar-refractivity contribution in [3.8, 4) is 17.5 Å². The molecule has 0 aliphatic heterocycles. The van der Waals surface area contributed by atoms with E-state index in [9.17, 15) is 10.1 Å². The number of nitrogens with one attached hydrogen (secondary N) is 1. The highest BCUT2D eigenvalue weighted by molar-refractivity contribution is 9.10. The van der Waals surface area contributed by atoms with Crippen LogP contribution in [0.4, 0.5) is 5.69 Å². The molecule has 0 aliphatic carbocycles. The molecule has 140 valence electrons. The molecule has 0 unspecified atom stereocenters. The number of hydrogen-bond donors (Lipinski definition) is 1. The molecule has 0 bridgehead atoms. The summed E-state index contributed by atoms with van der Waals surface area (Å²) >= 11 is 3.42. The summed E-state index contributed by atoms with van der Waals surface area (Å²) in [6, 6.07) is 20.5. The quantitative estimate of drug-likeness (QED) is 0.428. The minimum Gasteiger partial charge on any atom is -0.494 e. The minimum absolute atomic E-state index is 0.0194. The predicted octanol–water partition coefficient (Wildman–Crippen LogP) is 5.18. The molecule has 1 heterocycles. The number of anilines is 1. The fourth-order valence-corrected chi connectivity index (χ4v) is 2.91. The second-order valence-corrected chi connectivity index (χ2v) is 6.78. The average Bonchev–Trinajstić information content (AvgIpc) is 3.16. The summed E-state index contributed by atoms with van der Waals surface area (Å²) in [6.07, 6.45) is 3.46. The standard InChI is InChI=1S/C22H18BrN3O2/c1-2-28-21-11-7-18(8-12-21)25-22(27)16(15-24)14-20-4-3-13-26(20)19-9-5-17(23)6-10-19/h3-14H,2H2,1H3,(H,25,27)/b16-14-. The number of nitrogens with zero attached hydrogens (tertiary/aromatic N) is 2. The van der Waals surface area contributed by atoms with E-state index in [4.69, 9.17) is 4.74 Å². The van der Waals surface area contributed by atoms with Gasteiger partial charge in [-0.25, -0.2) is 0 Å². The molecule has 28 heavy (non-hydrogen) atoms. The number of halogens is 1. The molecule has 0 fully saturated rings. The van der Waals surface area contributed by atoms with Gasteiger partial charge >= 0.3 is 0 Å². The predicted molar refractivity (Wildman–Crippen MR) is 113 cm³/mol. The van der Waals surface area contributed by atoms with Gasteiger partial charge in [-0.2, -0.15) is 5.26 Å². The molecule has 6 heteroatoms. The molecule has 3 aromatic rings. The van der Waals surface area contributed by atoms with E-state index in [1.54, 1.807) is 30.3 Å². The summed E-state index contributed by atoms with van der Waals surface area (Å²) in [7, 11) is 0. The van der Waals surface area contributed by atoms with Gasteiger partial charge in [-0.3, -0.25) is 4.79 Å². The lowest BCUT2D eigenvalue weighted by Gasteiger charge is -2.08. The van der Waals surface area contributed by atoms with Crippen LogP contribution in [0.3, 0.4) is 0 Å². The van der Waals surface area contributed by atoms with Gasteiger partial charge in [-0.05, 0) is 73.7 Å². The number of nitriles is 1. The van der Waals surface area contributed by atoms with Crippen molar-refractivity contribution in [2.24, 2.45) is 0 Å². The van der Waals surface area contributed by atoms with Gasteiger partial charge in [0.15, 0.2) is 0 Å². The van der Waals surface area contributed by atoms with Crippen LogP contribution in [0.25, 0.3) is 11.8 Å². The van der Waals surface area contributed by atoms with Crippen LogP contribution >= 0.6 is 15.9 Å². The zero-order chi connectivity index (χ0) is 19.9. The van der Waals surface area contributed by atoms with Crippen LogP contribution in [0.5, 0.6) is 5.75 Å². The molecule has 3 rings (SSSR count). The second kappa shape index (κ2) is 9.07. The number of rotatable bonds is 6. The maximum Gasteiger partial charge on any atom is 0.266 e. The van der Waals surface area contributed by atoms with E-state index in [0.717, 1.165) is 21.6 Å². The molecule has 2 aromatic carbocycles. The Morgan fingerprint density at radius 1 is 1.18 bits per heavy atom. The number of hydrogen-bond acceptors (Lipinski definition) is 3. The fourth-order valence-electron chi connectivity index (χ4n) is 2.64. The van der Waals surface area contributed by atoms with Gasteiger partial charge in [0.2, 0.25) is 0 Å². The van der Waals surface area contributed by atoms with Gasteiger partial charge in [-0.15, -0.1) is 0 Å². The Labute approximate surface area is 172 Å². The Morgan fingerprint density at radius 2 is 1.89 bits per heavy atom. The van der Waals surface area contributed by atoms with Crippen molar-refractivity contribution in [1.82, 2.24) is 4.57 Å². The zero-order valence-corrected chi connectivity index (χ0v) is 16.8. The molecule has 0 atom stereocenters. The minimum atomic E-state index is -0.463. The maximum atomic E-state index is 12.5.